The zero-order valence-corrected chi connectivity index (χ0v) is 16.6. The van der Waals surface area contributed by atoms with Crippen LogP contribution in [0, 0.1) is 0 Å². The van der Waals surface area contributed by atoms with E-state index in [1.54, 1.807) is 18.6 Å². The van der Waals surface area contributed by atoms with Crippen LogP contribution in [-0.2, 0) is 28.0 Å². The number of nitrogens with zero attached hydrogens (tertiary/aromatic N) is 4. The van der Waals surface area contributed by atoms with Crippen molar-refractivity contribution in [1.29, 1.82) is 0 Å². The van der Waals surface area contributed by atoms with Crippen LogP contribution < -0.4 is 4.90 Å². The number of aromatic nitrogens is 2. The largest absolute Gasteiger partial charge is 0.341 e. The minimum absolute atomic E-state index is 0.0355. The molecule has 0 aliphatic carbocycles. The number of fused-ring (bicyclic) bond motifs is 2. The van der Waals surface area contributed by atoms with Gasteiger partial charge in [0.1, 0.15) is 0 Å². The fourth-order valence-corrected chi connectivity index (χ4v) is 4.61. The van der Waals surface area contributed by atoms with Gasteiger partial charge in [-0.15, -0.1) is 0 Å². The van der Waals surface area contributed by atoms with Crippen LogP contribution in [0.1, 0.15) is 23.2 Å². The van der Waals surface area contributed by atoms with E-state index in [4.69, 9.17) is 0 Å². The minimum Gasteiger partial charge on any atom is -0.341 e. The molecular weight excluding hydrogens is 376 g/mol. The number of carbonyl (C=O) groups is 2. The monoisotopic (exact) mass is 398 g/mol. The van der Waals surface area contributed by atoms with E-state index in [1.807, 2.05) is 64.4 Å². The van der Waals surface area contributed by atoms with E-state index in [1.165, 1.54) is 0 Å². The molecule has 6 heteroatoms. The Hall–Kier alpha value is -3.54. The molecular formula is C24H22N4O2. The lowest BCUT2D eigenvalue weighted by molar-refractivity contribution is -0.130. The fraction of sp³-hybridized carbons (Fsp3) is 0.250. The SMILES string of the molecule is O=C(Cc1cccnc1)N1CCC2(C1)C(=O)N(Cc1ccccn1)c1ccccc12. The molecule has 4 heterocycles. The average Bonchev–Trinajstić information content (AvgIpc) is 3.33. The first-order chi connectivity index (χ1) is 14.7. The first-order valence-electron chi connectivity index (χ1n) is 10.2. The van der Waals surface area contributed by atoms with Crippen LogP contribution in [-0.4, -0.2) is 39.8 Å². The van der Waals surface area contributed by atoms with E-state index >= 15 is 0 Å². The van der Waals surface area contributed by atoms with Gasteiger partial charge in [-0.3, -0.25) is 19.6 Å². The molecule has 0 N–H and O–H groups in total. The molecule has 2 aliphatic rings. The molecule has 2 amide bonds. The predicted molar refractivity (Wildman–Crippen MR) is 113 cm³/mol. The summed E-state index contributed by atoms with van der Waals surface area (Å²) >= 11 is 0. The molecule has 3 aromatic rings. The number of para-hydroxylation sites is 1. The Morgan fingerprint density at radius 1 is 1.03 bits per heavy atom. The minimum atomic E-state index is -0.671. The molecule has 150 valence electrons. The summed E-state index contributed by atoms with van der Waals surface area (Å²) in [7, 11) is 0. The van der Waals surface area contributed by atoms with Gasteiger partial charge < -0.3 is 9.80 Å². The summed E-state index contributed by atoms with van der Waals surface area (Å²) in [5.41, 5.74) is 3.01. The highest BCUT2D eigenvalue weighted by atomic mass is 16.2. The van der Waals surface area contributed by atoms with Gasteiger partial charge in [0, 0.05) is 37.4 Å². The van der Waals surface area contributed by atoms with Crippen LogP contribution in [0.15, 0.2) is 73.2 Å². The van der Waals surface area contributed by atoms with Crippen molar-refractivity contribution in [2.24, 2.45) is 0 Å². The van der Waals surface area contributed by atoms with Crippen molar-refractivity contribution < 1.29 is 9.59 Å². The lowest BCUT2D eigenvalue weighted by Crippen LogP contribution is -2.43. The number of amides is 2. The van der Waals surface area contributed by atoms with Gasteiger partial charge in [-0.05, 0) is 41.8 Å². The van der Waals surface area contributed by atoms with Crippen LogP contribution >= 0.6 is 0 Å². The summed E-state index contributed by atoms with van der Waals surface area (Å²) in [6, 6.07) is 17.4. The second kappa shape index (κ2) is 7.37. The summed E-state index contributed by atoms with van der Waals surface area (Å²) in [5, 5.41) is 0. The Bertz CT molecular complexity index is 1090. The first kappa shape index (κ1) is 18.5. The van der Waals surface area contributed by atoms with Crippen molar-refractivity contribution in [1.82, 2.24) is 14.9 Å². The quantitative estimate of drug-likeness (QED) is 0.678. The second-order valence-corrected chi connectivity index (χ2v) is 7.91. The van der Waals surface area contributed by atoms with Gasteiger partial charge in [-0.25, -0.2) is 0 Å². The van der Waals surface area contributed by atoms with E-state index in [9.17, 15) is 9.59 Å². The van der Waals surface area contributed by atoms with E-state index < -0.39 is 5.41 Å². The van der Waals surface area contributed by atoms with Gasteiger partial charge >= 0.3 is 0 Å². The molecule has 2 aromatic heterocycles. The van der Waals surface area contributed by atoms with Crippen LogP contribution in [0.2, 0.25) is 0 Å². The number of likely N-dealkylation sites (tertiary alicyclic amines) is 1. The van der Waals surface area contributed by atoms with E-state index in [2.05, 4.69) is 9.97 Å². The molecule has 30 heavy (non-hydrogen) atoms. The predicted octanol–water partition coefficient (Wildman–Crippen LogP) is 2.74. The average molecular weight is 398 g/mol. The number of hydrogen-bond donors (Lipinski definition) is 0. The molecule has 2 aliphatic heterocycles. The summed E-state index contributed by atoms with van der Waals surface area (Å²) in [4.78, 5) is 38.7. The highest BCUT2D eigenvalue weighted by molar-refractivity contribution is 6.08. The molecule has 0 radical (unpaired) electrons. The maximum atomic E-state index is 13.7. The van der Waals surface area contributed by atoms with E-state index in [0.29, 0.717) is 32.5 Å². The zero-order chi connectivity index (χ0) is 20.6. The maximum absolute atomic E-state index is 13.7. The lowest BCUT2D eigenvalue weighted by Gasteiger charge is -2.24. The molecule has 1 unspecified atom stereocenters. The Morgan fingerprint density at radius 3 is 2.70 bits per heavy atom. The van der Waals surface area contributed by atoms with Crippen LogP contribution in [0.5, 0.6) is 0 Å². The molecule has 0 bridgehead atoms. The topological polar surface area (TPSA) is 66.4 Å². The van der Waals surface area contributed by atoms with Crippen molar-refractivity contribution in [3.05, 3.63) is 90.0 Å². The van der Waals surface area contributed by atoms with Crippen molar-refractivity contribution in [2.45, 2.75) is 24.8 Å². The molecule has 6 nitrogen and oxygen atoms in total. The third kappa shape index (κ3) is 3.05. The van der Waals surface area contributed by atoms with Gasteiger partial charge in [-0.2, -0.15) is 0 Å². The highest BCUT2D eigenvalue weighted by Gasteiger charge is 2.54. The first-order valence-corrected chi connectivity index (χ1v) is 10.2. The summed E-state index contributed by atoms with van der Waals surface area (Å²) in [5.74, 6) is 0.0966. The van der Waals surface area contributed by atoms with Gasteiger partial charge in [0.25, 0.3) is 0 Å². The molecule has 1 saturated heterocycles. The van der Waals surface area contributed by atoms with Crippen molar-refractivity contribution in [3.8, 4) is 0 Å². The third-order valence-corrected chi connectivity index (χ3v) is 6.11. The second-order valence-electron chi connectivity index (χ2n) is 7.91. The number of carbonyl (C=O) groups excluding carboxylic acids is 2. The Morgan fingerprint density at radius 2 is 1.90 bits per heavy atom. The smallest absolute Gasteiger partial charge is 0.239 e. The summed E-state index contributed by atoms with van der Waals surface area (Å²) in [6.45, 7) is 1.43. The van der Waals surface area contributed by atoms with Gasteiger partial charge in [0.2, 0.25) is 11.8 Å². The molecule has 1 spiro atoms. The summed E-state index contributed by atoms with van der Waals surface area (Å²) in [6.07, 6.45) is 6.10. The van der Waals surface area contributed by atoms with Crippen molar-refractivity contribution in [3.63, 3.8) is 0 Å². The van der Waals surface area contributed by atoms with Crippen LogP contribution in [0.4, 0.5) is 5.69 Å². The van der Waals surface area contributed by atoms with Crippen molar-refractivity contribution in [2.75, 3.05) is 18.0 Å². The number of rotatable bonds is 4. The van der Waals surface area contributed by atoms with Crippen molar-refractivity contribution >= 4 is 17.5 Å². The van der Waals surface area contributed by atoms with Gasteiger partial charge in [0.15, 0.2) is 0 Å². The fourth-order valence-electron chi connectivity index (χ4n) is 4.61. The number of hydrogen-bond acceptors (Lipinski definition) is 4. The van der Waals surface area contributed by atoms with Gasteiger partial charge in [0.05, 0.1) is 24.1 Å². The number of anilines is 1. The highest BCUT2D eigenvalue weighted by Crippen LogP contribution is 2.47. The summed E-state index contributed by atoms with van der Waals surface area (Å²) < 4.78 is 0. The van der Waals surface area contributed by atoms with E-state index in [0.717, 1.165) is 22.5 Å². The number of pyridine rings is 2. The maximum Gasteiger partial charge on any atom is 0.239 e. The Labute approximate surface area is 175 Å². The molecule has 1 fully saturated rings. The lowest BCUT2D eigenvalue weighted by atomic mass is 9.81. The van der Waals surface area contributed by atoms with Crippen LogP contribution in [0.3, 0.4) is 0 Å². The zero-order valence-electron chi connectivity index (χ0n) is 16.6. The van der Waals surface area contributed by atoms with Crippen LogP contribution in [0.25, 0.3) is 0 Å². The molecule has 1 aromatic carbocycles. The Balaban J connectivity index is 1.41. The molecule has 1 atom stereocenters. The number of benzene rings is 1. The third-order valence-electron chi connectivity index (χ3n) is 6.11. The Kier molecular flexibility index (Phi) is 4.54. The van der Waals surface area contributed by atoms with E-state index in [-0.39, 0.29) is 11.8 Å². The standard InChI is InChI=1S/C24H22N4O2/c29-22(14-18-6-5-11-25-15-18)27-13-10-24(17-27)20-8-1-2-9-21(20)28(23(24)30)16-19-7-3-4-12-26-19/h1-9,11-12,15H,10,13-14,16-17H2. The molecule has 0 saturated carbocycles. The van der Waals surface area contributed by atoms with Gasteiger partial charge in [-0.1, -0.05) is 30.3 Å². The normalized spacial score (nSPS) is 20.1. The molecule has 5 rings (SSSR count).